The van der Waals surface area contributed by atoms with E-state index in [1.165, 1.54) is 53.8 Å². The van der Waals surface area contributed by atoms with Gasteiger partial charge in [0.15, 0.2) is 5.78 Å². The minimum absolute atomic E-state index is 0.0885. The average molecular weight is 502 g/mol. The van der Waals surface area contributed by atoms with Crippen LogP contribution in [0.25, 0.3) is 11.3 Å². The molecule has 3 atom stereocenters. The molecule has 0 bridgehead atoms. The van der Waals surface area contributed by atoms with E-state index in [2.05, 4.69) is 5.32 Å². The highest BCUT2D eigenvalue weighted by molar-refractivity contribution is 6.00. The normalized spacial score (nSPS) is 21.9. The van der Waals surface area contributed by atoms with Crippen molar-refractivity contribution in [2.24, 2.45) is 5.92 Å². The summed E-state index contributed by atoms with van der Waals surface area (Å²) in [6.45, 7) is 1.88. The largest absolute Gasteiger partial charge is 0.462 e. The van der Waals surface area contributed by atoms with Gasteiger partial charge in [0, 0.05) is 11.1 Å². The molecule has 1 fully saturated rings. The number of esters is 1. The van der Waals surface area contributed by atoms with Crippen LogP contribution in [0.3, 0.4) is 0 Å². The van der Waals surface area contributed by atoms with E-state index in [1.54, 1.807) is 25.1 Å². The minimum Gasteiger partial charge on any atom is -0.462 e. The topological polar surface area (TPSA) is 118 Å². The number of urea groups is 1. The molecule has 0 aliphatic carbocycles. The molecule has 8 nitrogen and oxygen atoms in total. The lowest BCUT2D eigenvalue weighted by Gasteiger charge is -2.44. The molecular weight excluding hydrogens is 481 g/mol. The number of amides is 2. The number of alkyl halides is 3. The molecular formula is C25H21F3N2O6. The van der Waals surface area contributed by atoms with E-state index in [9.17, 15) is 32.7 Å². The third-order valence-corrected chi connectivity index (χ3v) is 5.76. The number of ether oxygens (including phenoxy) is 1. The standard InChI is InChI=1S/C25H21F3N2O6/c1-2-35-22(32)16-10-8-14(9-11-16)17-12-13-18(36-17)20-19(21(31)15-6-4-3-5-7-15)24(34,25(26,27)28)30-23(33)29-20/h3-13,19-20,34H,2H2,1H3,(H2,29,30,33)/t19-,20+,24+/m0/s1. The molecule has 1 aliphatic rings. The van der Waals surface area contributed by atoms with Gasteiger partial charge in [0.1, 0.15) is 23.5 Å². The first kappa shape index (κ1) is 25.0. The summed E-state index contributed by atoms with van der Waals surface area (Å²) >= 11 is 0. The smallest absolute Gasteiger partial charge is 0.437 e. The molecule has 2 aromatic carbocycles. The molecule has 36 heavy (non-hydrogen) atoms. The van der Waals surface area contributed by atoms with Crippen molar-refractivity contribution in [1.82, 2.24) is 10.6 Å². The van der Waals surface area contributed by atoms with E-state index in [1.807, 2.05) is 0 Å². The van der Waals surface area contributed by atoms with Crippen LogP contribution in [0.5, 0.6) is 0 Å². The SMILES string of the molecule is CCOC(=O)c1ccc(-c2ccc([C@H]3NC(=O)N[C@](O)(C(F)(F)F)[C@@H]3C(=O)c3ccccc3)o2)cc1. The maximum absolute atomic E-state index is 14.0. The summed E-state index contributed by atoms with van der Waals surface area (Å²) in [4.78, 5) is 37.3. The number of carbonyl (C=O) groups is 3. The number of nitrogens with one attached hydrogen (secondary N) is 2. The predicted molar refractivity (Wildman–Crippen MR) is 120 cm³/mol. The van der Waals surface area contributed by atoms with Crippen molar-refractivity contribution in [3.63, 3.8) is 0 Å². The van der Waals surface area contributed by atoms with Gasteiger partial charge in [-0.1, -0.05) is 42.5 Å². The number of rotatable bonds is 6. The minimum atomic E-state index is -5.38. The van der Waals surface area contributed by atoms with E-state index in [0.717, 1.165) is 0 Å². The molecule has 0 saturated carbocycles. The zero-order chi connectivity index (χ0) is 26.1. The Balaban J connectivity index is 1.72. The molecule has 3 aromatic rings. The average Bonchev–Trinajstić information content (AvgIpc) is 3.34. The Morgan fingerprint density at radius 1 is 1.03 bits per heavy atom. The van der Waals surface area contributed by atoms with Crippen LogP contribution >= 0.6 is 0 Å². The van der Waals surface area contributed by atoms with Crippen molar-refractivity contribution < 1.29 is 41.8 Å². The maximum Gasteiger partial charge on any atom is 0.437 e. The number of benzene rings is 2. The maximum atomic E-state index is 14.0. The second-order valence-electron chi connectivity index (χ2n) is 8.05. The Labute approximate surface area is 203 Å². The van der Waals surface area contributed by atoms with Crippen molar-refractivity contribution >= 4 is 17.8 Å². The molecule has 0 radical (unpaired) electrons. The summed E-state index contributed by atoms with van der Waals surface area (Å²) in [5.41, 5.74) is -3.18. The first-order chi connectivity index (χ1) is 17.0. The molecule has 188 valence electrons. The monoisotopic (exact) mass is 502 g/mol. The highest BCUT2D eigenvalue weighted by atomic mass is 19.4. The fourth-order valence-corrected chi connectivity index (χ4v) is 4.02. The van der Waals surface area contributed by atoms with E-state index in [0.29, 0.717) is 11.1 Å². The van der Waals surface area contributed by atoms with Gasteiger partial charge in [-0.15, -0.1) is 0 Å². The van der Waals surface area contributed by atoms with Gasteiger partial charge in [0.25, 0.3) is 0 Å². The number of hydrogen-bond acceptors (Lipinski definition) is 6. The predicted octanol–water partition coefficient (Wildman–Crippen LogP) is 4.23. The van der Waals surface area contributed by atoms with Gasteiger partial charge >= 0.3 is 18.2 Å². The zero-order valence-corrected chi connectivity index (χ0v) is 18.8. The fraction of sp³-hybridized carbons (Fsp3) is 0.240. The van der Waals surface area contributed by atoms with Crippen molar-refractivity contribution in [3.05, 3.63) is 83.6 Å². The molecule has 4 rings (SSSR count). The Morgan fingerprint density at radius 2 is 1.69 bits per heavy atom. The van der Waals surface area contributed by atoms with Crippen LogP contribution in [-0.4, -0.2) is 41.4 Å². The molecule has 3 N–H and O–H groups in total. The van der Waals surface area contributed by atoms with Gasteiger partial charge in [-0.2, -0.15) is 13.2 Å². The number of halogens is 3. The van der Waals surface area contributed by atoms with Gasteiger partial charge in [0.2, 0.25) is 5.72 Å². The Kier molecular flexibility index (Phi) is 6.59. The van der Waals surface area contributed by atoms with Crippen molar-refractivity contribution in [2.45, 2.75) is 24.9 Å². The number of hydrogen-bond donors (Lipinski definition) is 3. The van der Waals surface area contributed by atoms with Crippen LogP contribution < -0.4 is 10.6 Å². The summed E-state index contributed by atoms with van der Waals surface area (Å²) in [6.07, 6.45) is -5.38. The molecule has 1 saturated heterocycles. The third kappa shape index (κ3) is 4.57. The molecule has 0 spiro atoms. The quantitative estimate of drug-likeness (QED) is 0.343. The van der Waals surface area contributed by atoms with Gasteiger partial charge in [0.05, 0.1) is 12.2 Å². The number of Topliss-reactive ketones (excluding diaryl/α,β-unsaturated/α-hetero) is 1. The molecule has 2 amide bonds. The molecule has 1 aliphatic heterocycles. The number of ketones is 1. The third-order valence-electron chi connectivity index (χ3n) is 5.76. The summed E-state index contributed by atoms with van der Waals surface area (Å²) in [5, 5.41) is 14.4. The number of carbonyl (C=O) groups excluding carboxylic acids is 3. The summed E-state index contributed by atoms with van der Waals surface area (Å²) in [6, 6.07) is 13.0. The second kappa shape index (κ2) is 9.50. The van der Waals surface area contributed by atoms with E-state index in [-0.39, 0.29) is 23.7 Å². The van der Waals surface area contributed by atoms with Gasteiger partial charge < -0.3 is 24.9 Å². The van der Waals surface area contributed by atoms with Gasteiger partial charge in [-0.05, 0) is 31.2 Å². The van der Waals surface area contributed by atoms with Gasteiger partial charge in [-0.25, -0.2) is 9.59 Å². The Bertz CT molecular complexity index is 1270. The van der Waals surface area contributed by atoms with Crippen LogP contribution in [0.2, 0.25) is 0 Å². The second-order valence-corrected chi connectivity index (χ2v) is 8.05. The van der Waals surface area contributed by atoms with Crippen LogP contribution in [-0.2, 0) is 4.74 Å². The zero-order valence-electron chi connectivity index (χ0n) is 18.8. The van der Waals surface area contributed by atoms with Crippen LogP contribution in [0.1, 0.15) is 39.4 Å². The summed E-state index contributed by atoms with van der Waals surface area (Å²) < 4.78 is 52.8. The highest BCUT2D eigenvalue weighted by Gasteiger charge is 2.66. The fourth-order valence-electron chi connectivity index (χ4n) is 4.02. The highest BCUT2D eigenvalue weighted by Crippen LogP contribution is 2.44. The van der Waals surface area contributed by atoms with Crippen molar-refractivity contribution in [2.75, 3.05) is 6.61 Å². The molecule has 1 aromatic heterocycles. The number of furan rings is 1. The first-order valence-corrected chi connectivity index (χ1v) is 10.9. The summed E-state index contributed by atoms with van der Waals surface area (Å²) in [5.74, 6) is -3.75. The molecule has 11 heteroatoms. The van der Waals surface area contributed by atoms with Crippen molar-refractivity contribution in [1.29, 1.82) is 0 Å². The van der Waals surface area contributed by atoms with Crippen LogP contribution in [0, 0.1) is 5.92 Å². The first-order valence-electron chi connectivity index (χ1n) is 10.9. The summed E-state index contributed by atoms with van der Waals surface area (Å²) in [7, 11) is 0. The van der Waals surface area contributed by atoms with E-state index in [4.69, 9.17) is 9.15 Å². The lowest BCUT2D eigenvalue weighted by molar-refractivity contribution is -0.288. The lowest BCUT2D eigenvalue weighted by atomic mass is 9.79. The van der Waals surface area contributed by atoms with Crippen molar-refractivity contribution in [3.8, 4) is 11.3 Å². The van der Waals surface area contributed by atoms with Crippen LogP contribution in [0.15, 0.2) is 71.1 Å². The van der Waals surface area contributed by atoms with Gasteiger partial charge in [-0.3, -0.25) is 4.79 Å². The Hall–Kier alpha value is -4.12. The Morgan fingerprint density at radius 3 is 2.31 bits per heavy atom. The van der Waals surface area contributed by atoms with E-state index < -0.39 is 41.6 Å². The molecule has 2 heterocycles. The lowest BCUT2D eigenvalue weighted by Crippen LogP contribution is -2.72. The van der Waals surface area contributed by atoms with E-state index >= 15 is 0 Å². The van der Waals surface area contributed by atoms with Crippen LogP contribution in [0.4, 0.5) is 18.0 Å². The number of aliphatic hydroxyl groups is 1. The molecule has 0 unspecified atom stereocenters.